The zero-order valence-electron chi connectivity index (χ0n) is 10.9. The average Bonchev–Trinajstić information content (AvgIpc) is 2.89. The first-order valence-corrected chi connectivity index (χ1v) is 6.09. The third-order valence-corrected chi connectivity index (χ3v) is 3.03. The summed E-state index contributed by atoms with van der Waals surface area (Å²) in [5.74, 6) is 0.746. The number of hydrogen-bond donors (Lipinski definition) is 0. The molecule has 0 amide bonds. The molecule has 1 aromatic heterocycles. The Hall–Kier alpha value is -2.50. The molecule has 0 aliphatic rings. The lowest BCUT2D eigenvalue weighted by Gasteiger charge is -2.06. The van der Waals surface area contributed by atoms with Gasteiger partial charge in [-0.15, -0.1) is 0 Å². The van der Waals surface area contributed by atoms with Crippen LogP contribution in [-0.4, -0.2) is 12.1 Å². The van der Waals surface area contributed by atoms with Crippen molar-refractivity contribution in [1.29, 1.82) is 0 Å². The number of halogens is 3. The number of oxazole rings is 1. The van der Waals surface area contributed by atoms with Gasteiger partial charge in [0.05, 0.1) is 12.7 Å². The lowest BCUT2D eigenvalue weighted by Crippen LogP contribution is -2.04. The molecule has 0 atom stereocenters. The van der Waals surface area contributed by atoms with E-state index in [1.165, 1.54) is 19.2 Å². The van der Waals surface area contributed by atoms with Crippen LogP contribution < -0.4 is 4.74 Å². The summed E-state index contributed by atoms with van der Waals surface area (Å²) in [6, 6.07) is 9.90. The largest absolute Gasteiger partial charge is 0.497 e. The molecule has 0 saturated heterocycles. The number of hydrogen-bond acceptors (Lipinski definition) is 3. The lowest BCUT2D eigenvalue weighted by molar-refractivity contribution is -0.137. The Morgan fingerprint density at radius 3 is 2.62 bits per heavy atom. The van der Waals surface area contributed by atoms with Crippen molar-refractivity contribution in [1.82, 2.24) is 4.98 Å². The fourth-order valence-electron chi connectivity index (χ4n) is 1.99. The van der Waals surface area contributed by atoms with E-state index in [2.05, 4.69) is 4.98 Å². The quantitative estimate of drug-likeness (QED) is 0.696. The lowest BCUT2D eigenvalue weighted by atomic mass is 10.1. The minimum atomic E-state index is -4.40. The summed E-state index contributed by atoms with van der Waals surface area (Å²) < 4.78 is 48.7. The Kier molecular flexibility index (Phi) is 3.08. The SMILES string of the molecule is COc1ccc2oc(-c3cccc(C(F)(F)F)c3)nc2c1. The molecule has 21 heavy (non-hydrogen) atoms. The monoisotopic (exact) mass is 293 g/mol. The molecular formula is C15H10F3NO2. The molecule has 3 rings (SSSR count). The van der Waals surface area contributed by atoms with Crippen molar-refractivity contribution >= 4 is 11.1 Å². The van der Waals surface area contributed by atoms with Gasteiger partial charge in [0.15, 0.2) is 5.58 Å². The van der Waals surface area contributed by atoms with Crippen LogP contribution >= 0.6 is 0 Å². The molecule has 2 aromatic carbocycles. The first-order chi connectivity index (χ1) is 9.97. The topological polar surface area (TPSA) is 35.3 Å². The van der Waals surface area contributed by atoms with E-state index in [0.29, 0.717) is 16.8 Å². The number of alkyl halides is 3. The number of benzene rings is 2. The zero-order valence-corrected chi connectivity index (χ0v) is 10.9. The summed E-state index contributed by atoms with van der Waals surface area (Å²) in [5, 5.41) is 0. The second-order valence-electron chi connectivity index (χ2n) is 4.43. The van der Waals surface area contributed by atoms with Crippen molar-refractivity contribution in [2.75, 3.05) is 7.11 Å². The molecule has 0 aliphatic heterocycles. The van der Waals surface area contributed by atoms with Crippen molar-refractivity contribution in [3.63, 3.8) is 0 Å². The molecule has 0 radical (unpaired) electrons. The molecule has 0 N–H and O–H groups in total. The maximum absolute atomic E-state index is 12.7. The second-order valence-corrected chi connectivity index (χ2v) is 4.43. The first-order valence-electron chi connectivity index (χ1n) is 6.09. The van der Waals surface area contributed by atoms with E-state index in [1.54, 1.807) is 18.2 Å². The number of nitrogens with zero attached hydrogens (tertiary/aromatic N) is 1. The van der Waals surface area contributed by atoms with E-state index in [-0.39, 0.29) is 11.5 Å². The number of fused-ring (bicyclic) bond motifs is 1. The van der Waals surface area contributed by atoms with Crippen molar-refractivity contribution in [2.45, 2.75) is 6.18 Å². The maximum Gasteiger partial charge on any atom is 0.416 e. The van der Waals surface area contributed by atoms with Crippen LogP contribution in [0.25, 0.3) is 22.6 Å². The number of aromatic nitrogens is 1. The van der Waals surface area contributed by atoms with Crippen molar-refractivity contribution in [3.05, 3.63) is 48.0 Å². The molecule has 108 valence electrons. The molecule has 3 aromatic rings. The van der Waals surface area contributed by atoms with Crippen LogP contribution in [0.4, 0.5) is 13.2 Å². The molecule has 3 nitrogen and oxygen atoms in total. The summed E-state index contributed by atoms with van der Waals surface area (Å²) >= 11 is 0. The molecule has 1 heterocycles. The molecule has 0 fully saturated rings. The van der Waals surface area contributed by atoms with Gasteiger partial charge in [-0.05, 0) is 30.3 Å². The van der Waals surface area contributed by atoms with Crippen molar-refractivity contribution in [2.24, 2.45) is 0 Å². The van der Waals surface area contributed by atoms with Crippen LogP contribution in [0.15, 0.2) is 46.9 Å². The number of methoxy groups -OCH3 is 1. The standard InChI is InChI=1S/C15H10F3NO2/c1-20-11-5-6-13-12(8-11)19-14(21-13)9-3-2-4-10(7-9)15(16,17)18/h2-8H,1H3. The average molecular weight is 293 g/mol. The smallest absolute Gasteiger partial charge is 0.416 e. The van der Waals surface area contributed by atoms with Crippen LogP contribution in [0.5, 0.6) is 5.75 Å². The van der Waals surface area contributed by atoms with Gasteiger partial charge in [-0.25, -0.2) is 4.98 Å². The van der Waals surface area contributed by atoms with Gasteiger partial charge < -0.3 is 9.15 Å². The van der Waals surface area contributed by atoms with Crippen LogP contribution in [0.2, 0.25) is 0 Å². The van der Waals surface area contributed by atoms with E-state index in [1.807, 2.05) is 0 Å². The predicted molar refractivity (Wildman–Crippen MR) is 71.0 cm³/mol. The Balaban J connectivity index is 2.08. The molecular weight excluding hydrogens is 283 g/mol. The van der Waals surface area contributed by atoms with E-state index < -0.39 is 11.7 Å². The Morgan fingerprint density at radius 1 is 1.10 bits per heavy atom. The fourth-order valence-corrected chi connectivity index (χ4v) is 1.99. The third-order valence-electron chi connectivity index (χ3n) is 3.03. The summed E-state index contributed by atoms with van der Waals surface area (Å²) in [6.07, 6.45) is -4.40. The van der Waals surface area contributed by atoms with Crippen LogP contribution in [0.3, 0.4) is 0 Å². The fraction of sp³-hybridized carbons (Fsp3) is 0.133. The zero-order chi connectivity index (χ0) is 15.0. The summed E-state index contributed by atoms with van der Waals surface area (Å²) in [5.41, 5.74) is 0.560. The van der Waals surface area contributed by atoms with E-state index in [4.69, 9.17) is 9.15 Å². The van der Waals surface area contributed by atoms with Crippen molar-refractivity contribution in [3.8, 4) is 17.2 Å². The van der Waals surface area contributed by atoms with Gasteiger partial charge in [0.25, 0.3) is 0 Å². The normalized spacial score (nSPS) is 11.8. The van der Waals surface area contributed by atoms with Gasteiger partial charge in [0, 0.05) is 11.6 Å². The highest BCUT2D eigenvalue weighted by Gasteiger charge is 2.30. The predicted octanol–water partition coefficient (Wildman–Crippen LogP) is 4.52. The van der Waals surface area contributed by atoms with Crippen LogP contribution in [0.1, 0.15) is 5.56 Å². The third kappa shape index (κ3) is 2.56. The Labute approximate surface area is 118 Å². The van der Waals surface area contributed by atoms with E-state index >= 15 is 0 Å². The minimum Gasteiger partial charge on any atom is -0.497 e. The van der Waals surface area contributed by atoms with Gasteiger partial charge in [-0.3, -0.25) is 0 Å². The van der Waals surface area contributed by atoms with Crippen molar-refractivity contribution < 1.29 is 22.3 Å². The van der Waals surface area contributed by atoms with Gasteiger partial charge in [-0.1, -0.05) is 6.07 Å². The first kappa shape index (κ1) is 13.5. The van der Waals surface area contributed by atoms with Crippen LogP contribution in [0, 0.1) is 0 Å². The van der Waals surface area contributed by atoms with Gasteiger partial charge in [0.1, 0.15) is 11.3 Å². The molecule has 0 unspecified atom stereocenters. The highest BCUT2D eigenvalue weighted by atomic mass is 19.4. The highest BCUT2D eigenvalue weighted by Crippen LogP contribution is 2.33. The number of rotatable bonds is 2. The minimum absolute atomic E-state index is 0.143. The summed E-state index contributed by atoms with van der Waals surface area (Å²) in [4.78, 5) is 4.20. The second kappa shape index (κ2) is 4.80. The van der Waals surface area contributed by atoms with Gasteiger partial charge in [0.2, 0.25) is 5.89 Å². The van der Waals surface area contributed by atoms with E-state index in [9.17, 15) is 13.2 Å². The molecule has 6 heteroatoms. The van der Waals surface area contributed by atoms with Gasteiger partial charge in [-0.2, -0.15) is 13.2 Å². The highest BCUT2D eigenvalue weighted by molar-refractivity contribution is 5.77. The Bertz CT molecular complexity index is 793. The molecule has 0 bridgehead atoms. The number of ether oxygens (including phenoxy) is 1. The summed E-state index contributed by atoms with van der Waals surface area (Å²) in [7, 11) is 1.52. The van der Waals surface area contributed by atoms with Crippen LogP contribution in [-0.2, 0) is 6.18 Å². The maximum atomic E-state index is 12.7. The molecule has 0 saturated carbocycles. The van der Waals surface area contributed by atoms with Gasteiger partial charge >= 0.3 is 6.18 Å². The summed E-state index contributed by atoms with van der Waals surface area (Å²) in [6.45, 7) is 0. The molecule has 0 aliphatic carbocycles. The molecule has 0 spiro atoms. The van der Waals surface area contributed by atoms with E-state index in [0.717, 1.165) is 12.1 Å². The Morgan fingerprint density at radius 2 is 1.90 bits per heavy atom.